The van der Waals surface area contributed by atoms with Gasteiger partial charge in [-0.3, -0.25) is 9.59 Å². The highest BCUT2D eigenvalue weighted by molar-refractivity contribution is 6.14. The van der Waals surface area contributed by atoms with E-state index >= 15 is 0 Å². The van der Waals surface area contributed by atoms with Crippen LogP contribution in [0.5, 0.6) is 11.5 Å². The third-order valence-electron chi connectivity index (χ3n) is 4.71. The van der Waals surface area contributed by atoms with Crippen molar-refractivity contribution in [3.05, 3.63) is 47.0 Å². The van der Waals surface area contributed by atoms with E-state index in [0.717, 1.165) is 22.4 Å². The summed E-state index contributed by atoms with van der Waals surface area (Å²) in [6.07, 6.45) is 0. The van der Waals surface area contributed by atoms with E-state index in [1.807, 2.05) is 32.9 Å². The lowest BCUT2D eigenvalue weighted by atomic mass is 9.90. The average molecular weight is 384 g/mol. The molecule has 0 aliphatic carbocycles. The van der Waals surface area contributed by atoms with E-state index in [9.17, 15) is 9.59 Å². The summed E-state index contributed by atoms with van der Waals surface area (Å²) >= 11 is 0. The molecule has 0 fully saturated rings. The van der Waals surface area contributed by atoms with E-state index in [2.05, 4.69) is 10.6 Å². The summed E-state index contributed by atoms with van der Waals surface area (Å²) in [4.78, 5) is 25.7. The smallest absolute Gasteiger partial charge is 0.239 e. The molecule has 0 heterocycles. The summed E-state index contributed by atoms with van der Waals surface area (Å²) in [6, 6.07) is 9.06. The number of anilines is 2. The Balaban J connectivity index is 2.22. The maximum atomic E-state index is 12.9. The van der Waals surface area contributed by atoms with Crippen LogP contribution in [-0.2, 0) is 9.59 Å². The molecule has 0 radical (unpaired) electrons. The summed E-state index contributed by atoms with van der Waals surface area (Å²) in [5.74, 6) is 0.245. The normalized spacial score (nSPS) is 11.0. The Hall–Kier alpha value is -3.02. The lowest BCUT2D eigenvalue weighted by Gasteiger charge is -2.24. The molecular weight excluding hydrogens is 356 g/mol. The van der Waals surface area contributed by atoms with Gasteiger partial charge in [-0.05, 0) is 57.9 Å². The van der Waals surface area contributed by atoms with Crippen molar-refractivity contribution in [2.75, 3.05) is 24.9 Å². The fourth-order valence-electron chi connectivity index (χ4n) is 2.93. The first-order valence-electron chi connectivity index (χ1n) is 9.03. The van der Waals surface area contributed by atoms with Crippen LogP contribution in [-0.4, -0.2) is 26.0 Å². The van der Waals surface area contributed by atoms with E-state index in [1.165, 1.54) is 7.11 Å². The molecule has 2 aromatic rings. The predicted octanol–water partition coefficient (Wildman–Crippen LogP) is 4.23. The molecule has 2 rings (SSSR count). The molecule has 0 atom stereocenters. The summed E-state index contributed by atoms with van der Waals surface area (Å²) in [5.41, 5.74) is 2.94. The minimum Gasteiger partial charge on any atom is -0.497 e. The first kappa shape index (κ1) is 21.3. The van der Waals surface area contributed by atoms with E-state index in [-0.39, 0.29) is 5.91 Å². The lowest BCUT2D eigenvalue weighted by molar-refractivity contribution is -0.135. The van der Waals surface area contributed by atoms with Gasteiger partial charge in [0.05, 0.1) is 19.9 Å². The average Bonchev–Trinajstić information content (AvgIpc) is 2.64. The topological polar surface area (TPSA) is 76.7 Å². The number of hydrogen-bond acceptors (Lipinski definition) is 4. The number of carbonyl (C=O) groups is 2. The number of carbonyl (C=O) groups excluding carboxylic acids is 2. The van der Waals surface area contributed by atoms with Gasteiger partial charge in [0, 0.05) is 11.8 Å². The van der Waals surface area contributed by atoms with Gasteiger partial charge in [0.15, 0.2) is 0 Å². The Labute approximate surface area is 166 Å². The molecule has 0 saturated carbocycles. The molecule has 28 heavy (non-hydrogen) atoms. The summed E-state index contributed by atoms with van der Waals surface area (Å²) < 4.78 is 10.5. The minimum atomic E-state index is -1.30. The molecule has 0 aromatic heterocycles. The molecule has 2 aromatic carbocycles. The molecule has 0 spiro atoms. The molecule has 0 aliphatic heterocycles. The van der Waals surface area contributed by atoms with Gasteiger partial charge < -0.3 is 20.1 Å². The van der Waals surface area contributed by atoms with Crippen molar-refractivity contribution in [3.8, 4) is 11.5 Å². The van der Waals surface area contributed by atoms with Crippen molar-refractivity contribution < 1.29 is 19.1 Å². The number of rotatable bonds is 6. The maximum absolute atomic E-state index is 12.9. The van der Waals surface area contributed by atoms with Crippen LogP contribution in [0.4, 0.5) is 11.4 Å². The van der Waals surface area contributed by atoms with Gasteiger partial charge in [-0.15, -0.1) is 0 Å². The van der Waals surface area contributed by atoms with Crippen molar-refractivity contribution in [2.24, 2.45) is 5.41 Å². The molecule has 0 aliphatic rings. The predicted molar refractivity (Wildman–Crippen MR) is 111 cm³/mol. The SMILES string of the molecule is COc1ccc(NC(=O)C(C)(C)C(=O)Nc2c(C)cc(C)cc2C)c(OC)c1. The fourth-order valence-corrected chi connectivity index (χ4v) is 2.93. The number of aryl methyl sites for hydroxylation is 3. The van der Waals surface area contributed by atoms with Crippen LogP contribution < -0.4 is 20.1 Å². The van der Waals surface area contributed by atoms with Gasteiger partial charge in [-0.2, -0.15) is 0 Å². The van der Waals surface area contributed by atoms with Crippen LogP contribution in [0.25, 0.3) is 0 Å². The monoisotopic (exact) mass is 384 g/mol. The van der Waals surface area contributed by atoms with Crippen molar-refractivity contribution in [1.29, 1.82) is 0 Å². The van der Waals surface area contributed by atoms with Gasteiger partial charge in [0.2, 0.25) is 11.8 Å². The zero-order valence-electron chi connectivity index (χ0n) is 17.5. The summed E-state index contributed by atoms with van der Waals surface area (Å²) in [6.45, 7) is 9.06. The molecule has 0 bridgehead atoms. The van der Waals surface area contributed by atoms with E-state index in [4.69, 9.17) is 9.47 Å². The number of ether oxygens (including phenoxy) is 2. The number of hydrogen-bond donors (Lipinski definition) is 2. The highest BCUT2D eigenvalue weighted by Gasteiger charge is 2.37. The molecule has 150 valence electrons. The highest BCUT2D eigenvalue weighted by Crippen LogP contribution is 2.31. The molecule has 6 heteroatoms. The maximum Gasteiger partial charge on any atom is 0.239 e. The zero-order chi connectivity index (χ0) is 21.1. The van der Waals surface area contributed by atoms with Crippen LogP contribution in [0.3, 0.4) is 0 Å². The van der Waals surface area contributed by atoms with E-state index in [1.54, 1.807) is 39.2 Å². The van der Waals surface area contributed by atoms with Gasteiger partial charge in [-0.1, -0.05) is 17.7 Å². The third kappa shape index (κ3) is 4.44. The molecule has 0 unspecified atom stereocenters. The standard InChI is InChI=1S/C22H28N2O4/c1-13-10-14(2)19(15(3)11-13)24-21(26)22(4,5)20(25)23-17-9-8-16(27-6)12-18(17)28-7/h8-12H,1-7H3,(H,23,25)(H,24,26). The Morgan fingerprint density at radius 3 is 1.96 bits per heavy atom. The highest BCUT2D eigenvalue weighted by atomic mass is 16.5. The molecule has 2 N–H and O–H groups in total. The van der Waals surface area contributed by atoms with Crippen molar-refractivity contribution >= 4 is 23.2 Å². The Kier molecular flexibility index (Phi) is 6.33. The number of methoxy groups -OCH3 is 2. The molecule has 6 nitrogen and oxygen atoms in total. The van der Waals surface area contributed by atoms with Gasteiger partial charge in [0.1, 0.15) is 16.9 Å². The van der Waals surface area contributed by atoms with E-state index in [0.29, 0.717) is 17.2 Å². The van der Waals surface area contributed by atoms with Crippen molar-refractivity contribution in [1.82, 2.24) is 0 Å². The van der Waals surface area contributed by atoms with E-state index < -0.39 is 11.3 Å². The zero-order valence-corrected chi connectivity index (χ0v) is 17.5. The second-order valence-electron chi connectivity index (χ2n) is 7.37. The first-order valence-corrected chi connectivity index (χ1v) is 9.03. The molecule has 0 saturated heterocycles. The summed E-state index contributed by atoms with van der Waals surface area (Å²) in [7, 11) is 3.06. The number of amides is 2. The van der Waals surface area contributed by atoms with Crippen LogP contribution in [0, 0.1) is 26.2 Å². The van der Waals surface area contributed by atoms with Crippen LogP contribution >= 0.6 is 0 Å². The number of nitrogens with one attached hydrogen (secondary N) is 2. The Morgan fingerprint density at radius 1 is 0.857 bits per heavy atom. The van der Waals surface area contributed by atoms with Gasteiger partial charge in [-0.25, -0.2) is 0 Å². The quantitative estimate of drug-likeness (QED) is 0.731. The molecule has 2 amide bonds. The minimum absolute atomic E-state index is 0.382. The first-order chi connectivity index (χ1) is 13.1. The molecular formula is C22H28N2O4. The van der Waals surface area contributed by atoms with Gasteiger partial charge in [0.25, 0.3) is 0 Å². The van der Waals surface area contributed by atoms with Gasteiger partial charge >= 0.3 is 0 Å². The lowest BCUT2D eigenvalue weighted by Crippen LogP contribution is -2.41. The number of benzene rings is 2. The van der Waals surface area contributed by atoms with Crippen LogP contribution in [0.1, 0.15) is 30.5 Å². The second-order valence-corrected chi connectivity index (χ2v) is 7.37. The largest absolute Gasteiger partial charge is 0.497 e. The summed E-state index contributed by atoms with van der Waals surface area (Å²) in [5, 5.41) is 5.69. The van der Waals surface area contributed by atoms with Crippen LogP contribution in [0.2, 0.25) is 0 Å². The fraction of sp³-hybridized carbons (Fsp3) is 0.364. The van der Waals surface area contributed by atoms with Crippen LogP contribution in [0.15, 0.2) is 30.3 Å². The van der Waals surface area contributed by atoms with Crippen molar-refractivity contribution in [3.63, 3.8) is 0 Å². The Bertz CT molecular complexity index is 880. The van der Waals surface area contributed by atoms with Crippen molar-refractivity contribution in [2.45, 2.75) is 34.6 Å². The second kappa shape index (κ2) is 8.33. The third-order valence-corrected chi connectivity index (χ3v) is 4.71. The Morgan fingerprint density at radius 2 is 1.43 bits per heavy atom.